The summed E-state index contributed by atoms with van der Waals surface area (Å²) in [5.41, 5.74) is 0. The van der Waals surface area contributed by atoms with Gasteiger partial charge in [0.05, 0.1) is 0 Å². The van der Waals surface area contributed by atoms with Crippen LogP contribution in [0.25, 0.3) is 0 Å². The van der Waals surface area contributed by atoms with Gasteiger partial charge in [0.1, 0.15) is 0 Å². The van der Waals surface area contributed by atoms with Crippen LogP contribution in [-0.2, 0) is 20.6 Å². The van der Waals surface area contributed by atoms with Crippen LogP contribution >= 0.6 is 0 Å². The molecular formula is C5H15F5O5Si5. The second-order valence-corrected chi connectivity index (χ2v) is 17.1. The molecular weight excluding hydrogens is 375 g/mol. The smallest absolute Gasteiger partial charge is 0.367 e. The van der Waals surface area contributed by atoms with Crippen molar-refractivity contribution in [1.82, 2.24) is 0 Å². The van der Waals surface area contributed by atoms with Crippen molar-refractivity contribution in [3.63, 3.8) is 0 Å². The van der Waals surface area contributed by atoms with Gasteiger partial charge >= 0.3 is 44.5 Å². The Balaban J connectivity index is 3.15. The van der Waals surface area contributed by atoms with Crippen molar-refractivity contribution in [3.05, 3.63) is 0 Å². The van der Waals surface area contributed by atoms with Gasteiger partial charge in [0, 0.05) is 32.7 Å². The summed E-state index contributed by atoms with van der Waals surface area (Å²) in [6, 6.07) is 0. The van der Waals surface area contributed by atoms with Crippen molar-refractivity contribution < 1.29 is 41.1 Å². The van der Waals surface area contributed by atoms with E-state index in [9.17, 15) is 20.5 Å². The maximum Gasteiger partial charge on any atom is 0.522 e. The summed E-state index contributed by atoms with van der Waals surface area (Å²) in [5, 5.41) is 0. The average Bonchev–Trinajstić information content (AvgIpc) is 1.84. The topological polar surface area (TPSA) is 46.2 Å². The van der Waals surface area contributed by atoms with Crippen molar-refractivity contribution >= 4 is 44.5 Å². The number of halogens is 5. The lowest BCUT2D eigenvalue weighted by atomic mass is 11.9. The third kappa shape index (κ3) is 6.11. The number of hydrogen-bond donors (Lipinski definition) is 0. The zero-order chi connectivity index (χ0) is 16.0. The first-order valence-corrected chi connectivity index (χ1v) is 16.5. The van der Waals surface area contributed by atoms with Gasteiger partial charge in [-0.1, -0.05) is 0 Å². The van der Waals surface area contributed by atoms with Crippen LogP contribution in [0.1, 0.15) is 0 Å². The van der Waals surface area contributed by atoms with E-state index in [1.807, 2.05) is 0 Å². The van der Waals surface area contributed by atoms with Gasteiger partial charge in [-0.25, -0.2) is 20.5 Å². The maximum absolute atomic E-state index is 14.0. The van der Waals surface area contributed by atoms with E-state index < -0.39 is 44.5 Å². The molecule has 0 N–H and O–H groups in total. The van der Waals surface area contributed by atoms with E-state index in [1.54, 1.807) is 0 Å². The number of rotatable bonds is 0. The molecule has 0 bridgehead atoms. The monoisotopic (exact) mass is 390 g/mol. The fraction of sp³-hybridized carbons (Fsp3) is 1.00. The molecule has 1 aliphatic heterocycles. The van der Waals surface area contributed by atoms with Gasteiger partial charge in [0.15, 0.2) is 0 Å². The average molecular weight is 391 g/mol. The minimum Gasteiger partial charge on any atom is -0.367 e. The fourth-order valence-corrected chi connectivity index (χ4v) is 17.5. The summed E-state index contributed by atoms with van der Waals surface area (Å²) in [6.07, 6.45) is 0. The van der Waals surface area contributed by atoms with Gasteiger partial charge < -0.3 is 20.6 Å². The zero-order valence-electron chi connectivity index (χ0n) is 11.4. The van der Waals surface area contributed by atoms with Gasteiger partial charge in [-0.15, -0.1) is 0 Å². The molecule has 0 saturated carbocycles. The highest BCUT2D eigenvalue weighted by Crippen LogP contribution is 2.32. The van der Waals surface area contributed by atoms with Crippen LogP contribution in [0.3, 0.4) is 0 Å². The Bertz CT molecular complexity index is 278. The Labute approximate surface area is 119 Å². The second-order valence-electron chi connectivity index (χ2n) is 4.68. The Morgan fingerprint density at radius 3 is 0.600 bits per heavy atom. The molecule has 1 rings (SSSR count). The van der Waals surface area contributed by atoms with Crippen LogP contribution in [0.2, 0.25) is 32.7 Å². The molecule has 1 heterocycles. The lowest BCUT2D eigenvalue weighted by molar-refractivity contribution is 0.139. The Morgan fingerprint density at radius 2 is 0.500 bits per heavy atom. The first-order valence-electron chi connectivity index (χ1n) is 5.49. The molecule has 120 valence electrons. The lowest BCUT2D eigenvalue weighted by Crippen LogP contribution is -2.62. The predicted octanol–water partition coefficient (Wildman–Crippen LogP) is 2.77. The van der Waals surface area contributed by atoms with Gasteiger partial charge in [-0.3, -0.25) is 0 Å². The van der Waals surface area contributed by atoms with Crippen LogP contribution < -0.4 is 0 Å². The van der Waals surface area contributed by atoms with Crippen LogP contribution in [-0.4, -0.2) is 44.5 Å². The molecule has 0 aliphatic carbocycles. The van der Waals surface area contributed by atoms with E-state index in [-0.39, 0.29) is 0 Å². The highest BCUT2D eigenvalue weighted by molar-refractivity contribution is 6.87. The van der Waals surface area contributed by atoms with Crippen molar-refractivity contribution in [2.75, 3.05) is 0 Å². The van der Waals surface area contributed by atoms with E-state index in [0.29, 0.717) is 32.7 Å². The highest BCUT2D eigenvalue weighted by Gasteiger charge is 2.62. The molecule has 1 aliphatic rings. The van der Waals surface area contributed by atoms with Crippen molar-refractivity contribution in [3.8, 4) is 0 Å². The summed E-state index contributed by atoms with van der Waals surface area (Å²) in [6.45, 7) is 3.43. The summed E-state index contributed by atoms with van der Waals surface area (Å²) in [5.74, 6) is 0. The Hall–Kier alpha value is 0.534. The van der Waals surface area contributed by atoms with E-state index in [2.05, 4.69) is 20.6 Å². The molecule has 0 aromatic rings. The fourth-order valence-electron chi connectivity index (χ4n) is 1.73. The highest BCUT2D eigenvalue weighted by atomic mass is 28.6. The molecule has 0 spiro atoms. The SMILES string of the molecule is C[Si]1(F)O[Si](C)(F)O[Si](C)(F)O[Si](C)(F)O[Si](C)(F)O1. The lowest BCUT2D eigenvalue weighted by Gasteiger charge is -2.37. The van der Waals surface area contributed by atoms with Crippen molar-refractivity contribution in [1.29, 1.82) is 0 Å². The molecule has 5 nitrogen and oxygen atoms in total. The van der Waals surface area contributed by atoms with Crippen molar-refractivity contribution in [2.45, 2.75) is 32.7 Å². The van der Waals surface area contributed by atoms with Crippen LogP contribution in [0.15, 0.2) is 0 Å². The first kappa shape index (κ1) is 18.6. The molecule has 0 amide bonds. The molecule has 1 fully saturated rings. The minimum absolute atomic E-state index is 0.687. The molecule has 0 aromatic carbocycles. The molecule has 20 heavy (non-hydrogen) atoms. The summed E-state index contributed by atoms with van der Waals surface area (Å²) < 4.78 is 91.8. The van der Waals surface area contributed by atoms with Gasteiger partial charge in [0.2, 0.25) is 0 Å². The number of hydrogen-bond acceptors (Lipinski definition) is 5. The molecule has 15 heteroatoms. The third-order valence-corrected chi connectivity index (χ3v) is 16.4. The summed E-state index contributed by atoms with van der Waals surface area (Å²) in [7, 11) is -24.2. The summed E-state index contributed by atoms with van der Waals surface area (Å²) >= 11 is 0. The quantitative estimate of drug-likeness (QED) is 0.362. The molecule has 0 aromatic heterocycles. The first-order chi connectivity index (χ1) is 8.54. The second kappa shape index (κ2) is 5.31. The normalized spacial score (nSPS) is 55.5. The van der Waals surface area contributed by atoms with E-state index in [4.69, 9.17) is 0 Å². The van der Waals surface area contributed by atoms with E-state index in [1.165, 1.54) is 0 Å². The predicted molar refractivity (Wildman–Crippen MR) is 69.1 cm³/mol. The molecule has 1 saturated heterocycles. The maximum atomic E-state index is 14.0. The van der Waals surface area contributed by atoms with Crippen LogP contribution in [0.4, 0.5) is 20.5 Å². The van der Waals surface area contributed by atoms with Crippen molar-refractivity contribution in [2.24, 2.45) is 0 Å². The van der Waals surface area contributed by atoms with E-state index in [0.717, 1.165) is 0 Å². The van der Waals surface area contributed by atoms with Crippen LogP contribution in [0, 0.1) is 0 Å². The largest absolute Gasteiger partial charge is 0.522 e. The van der Waals surface area contributed by atoms with Crippen LogP contribution in [0.5, 0.6) is 0 Å². The van der Waals surface area contributed by atoms with Gasteiger partial charge in [-0.05, 0) is 0 Å². The van der Waals surface area contributed by atoms with Gasteiger partial charge in [0.25, 0.3) is 0 Å². The summed E-state index contributed by atoms with van der Waals surface area (Å²) in [4.78, 5) is 0. The minimum atomic E-state index is -4.84. The molecule has 0 atom stereocenters. The Morgan fingerprint density at radius 1 is 0.400 bits per heavy atom. The van der Waals surface area contributed by atoms with Gasteiger partial charge in [-0.2, -0.15) is 0 Å². The third-order valence-electron chi connectivity index (χ3n) is 1.82. The molecule has 0 radical (unpaired) electrons. The zero-order valence-corrected chi connectivity index (χ0v) is 16.4. The molecule has 0 unspecified atom stereocenters. The van der Waals surface area contributed by atoms with E-state index >= 15 is 0 Å². The standard InChI is InChI=1S/C5H15F5O5Si5/c1-16(6)11-17(2,7)13-19(4,9)15-20(5,10)14-18(3,8)12-16/h1-5H3. The Kier molecular flexibility index (Phi) is 4.94.